The molecule has 4 rings (SSSR count). The van der Waals surface area contributed by atoms with Crippen LogP contribution in [0.25, 0.3) is 0 Å². The van der Waals surface area contributed by atoms with E-state index >= 15 is 0 Å². The van der Waals surface area contributed by atoms with Gasteiger partial charge in [0.1, 0.15) is 12.1 Å². The monoisotopic (exact) mass is 362 g/mol. The highest BCUT2D eigenvalue weighted by molar-refractivity contribution is 6.31. The summed E-state index contributed by atoms with van der Waals surface area (Å²) in [6.07, 6.45) is 2.15. The SMILES string of the molecule is Fc1cccc(C2CC(c3ccc(Cl)cc3)Nc3ncnn32)c1Cl. The predicted octanol–water partition coefficient (Wildman–Crippen LogP) is 4.87. The number of fused-ring (bicyclic) bond motifs is 1. The van der Waals surface area contributed by atoms with Crippen molar-refractivity contribution in [1.29, 1.82) is 0 Å². The second-order valence-electron chi connectivity index (χ2n) is 5.67. The maximum atomic E-state index is 13.9. The average Bonchev–Trinajstić information content (AvgIpc) is 3.06. The fourth-order valence-corrected chi connectivity index (χ4v) is 3.45. The molecule has 0 fully saturated rings. The Morgan fingerprint density at radius 1 is 1.12 bits per heavy atom. The van der Waals surface area contributed by atoms with Gasteiger partial charge in [0.2, 0.25) is 5.95 Å². The summed E-state index contributed by atoms with van der Waals surface area (Å²) in [4.78, 5) is 4.26. The molecule has 2 aromatic carbocycles. The van der Waals surface area contributed by atoms with Crippen LogP contribution in [-0.4, -0.2) is 14.8 Å². The first-order valence-corrected chi connectivity index (χ1v) is 8.24. The molecule has 24 heavy (non-hydrogen) atoms. The largest absolute Gasteiger partial charge is 0.348 e. The topological polar surface area (TPSA) is 42.7 Å². The lowest BCUT2D eigenvalue weighted by atomic mass is 9.93. The van der Waals surface area contributed by atoms with E-state index in [0.29, 0.717) is 23.0 Å². The number of rotatable bonds is 2. The summed E-state index contributed by atoms with van der Waals surface area (Å²) >= 11 is 12.2. The van der Waals surface area contributed by atoms with Gasteiger partial charge in [-0.2, -0.15) is 10.1 Å². The normalized spacial score (nSPS) is 19.6. The maximum absolute atomic E-state index is 13.9. The Morgan fingerprint density at radius 3 is 2.71 bits per heavy atom. The Kier molecular flexibility index (Phi) is 3.90. The van der Waals surface area contributed by atoms with E-state index in [1.165, 1.54) is 12.4 Å². The van der Waals surface area contributed by atoms with E-state index in [9.17, 15) is 4.39 Å². The lowest BCUT2D eigenvalue weighted by Crippen LogP contribution is -2.28. The van der Waals surface area contributed by atoms with Gasteiger partial charge in [0.15, 0.2) is 0 Å². The van der Waals surface area contributed by atoms with E-state index in [-0.39, 0.29) is 17.1 Å². The van der Waals surface area contributed by atoms with Crippen LogP contribution in [0.2, 0.25) is 10.0 Å². The smallest absolute Gasteiger partial charge is 0.222 e. The van der Waals surface area contributed by atoms with Crippen molar-refractivity contribution in [2.45, 2.75) is 18.5 Å². The highest BCUT2D eigenvalue weighted by Crippen LogP contribution is 2.40. The lowest BCUT2D eigenvalue weighted by molar-refractivity contribution is 0.429. The van der Waals surface area contributed by atoms with Gasteiger partial charge in [-0.25, -0.2) is 9.07 Å². The molecule has 2 unspecified atom stereocenters. The Morgan fingerprint density at radius 2 is 1.92 bits per heavy atom. The third-order valence-corrected chi connectivity index (χ3v) is 4.89. The van der Waals surface area contributed by atoms with Crippen LogP contribution in [-0.2, 0) is 0 Å². The molecule has 0 spiro atoms. The Balaban J connectivity index is 1.77. The first kappa shape index (κ1) is 15.4. The van der Waals surface area contributed by atoms with Gasteiger partial charge in [0, 0.05) is 5.02 Å². The first-order valence-electron chi connectivity index (χ1n) is 7.49. The summed E-state index contributed by atoms with van der Waals surface area (Å²) in [5.41, 5.74) is 1.77. The molecule has 2 heterocycles. The minimum Gasteiger partial charge on any atom is -0.348 e. The van der Waals surface area contributed by atoms with Gasteiger partial charge in [-0.3, -0.25) is 0 Å². The Labute approximate surface area is 148 Å². The van der Waals surface area contributed by atoms with Crippen LogP contribution in [0, 0.1) is 5.82 Å². The summed E-state index contributed by atoms with van der Waals surface area (Å²) in [5.74, 6) is 0.198. The van der Waals surface area contributed by atoms with Crippen molar-refractivity contribution in [3.05, 3.63) is 75.8 Å². The zero-order valence-electron chi connectivity index (χ0n) is 12.5. The van der Waals surface area contributed by atoms with Gasteiger partial charge in [-0.15, -0.1) is 0 Å². The number of hydrogen-bond acceptors (Lipinski definition) is 3. The fraction of sp³-hybridized carbons (Fsp3) is 0.176. The number of nitrogens with one attached hydrogen (secondary N) is 1. The van der Waals surface area contributed by atoms with E-state index < -0.39 is 5.82 Å². The minimum absolute atomic E-state index is 0.00306. The van der Waals surface area contributed by atoms with E-state index in [4.69, 9.17) is 23.2 Å². The quantitative estimate of drug-likeness (QED) is 0.706. The van der Waals surface area contributed by atoms with Gasteiger partial charge in [0.25, 0.3) is 0 Å². The molecule has 0 radical (unpaired) electrons. The third kappa shape index (κ3) is 2.64. The van der Waals surface area contributed by atoms with Gasteiger partial charge in [-0.1, -0.05) is 47.5 Å². The molecule has 1 aliphatic rings. The second-order valence-corrected chi connectivity index (χ2v) is 6.49. The maximum Gasteiger partial charge on any atom is 0.222 e. The summed E-state index contributed by atoms with van der Waals surface area (Å²) < 4.78 is 15.6. The van der Waals surface area contributed by atoms with Gasteiger partial charge in [0.05, 0.1) is 17.1 Å². The summed E-state index contributed by atoms with van der Waals surface area (Å²) in [7, 11) is 0. The van der Waals surface area contributed by atoms with Crippen molar-refractivity contribution < 1.29 is 4.39 Å². The first-order chi connectivity index (χ1) is 11.6. The van der Waals surface area contributed by atoms with Crippen molar-refractivity contribution >= 4 is 29.2 Å². The van der Waals surface area contributed by atoms with Gasteiger partial charge < -0.3 is 5.32 Å². The number of nitrogens with zero attached hydrogens (tertiary/aromatic N) is 3. The molecule has 3 aromatic rings. The molecular weight excluding hydrogens is 350 g/mol. The number of anilines is 1. The van der Waals surface area contributed by atoms with E-state index in [0.717, 1.165) is 5.56 Å². The van der Waals surface area contributed by atoms with Crippen molar-refractivity contribution in [1.82, 2.24) is 14.8 Å². The van der Waals surface area contributed by atoms with Crippen LogP contribution in [0.1, 0.15) is 29.6 Å². The van der Waals surface area contributed by atoms with Crippen LogP contribution in [0.5, 0.6) is 0 Å². The molecule has 0 aliphatic carbocycles. The van der Waals surface area contributed by atoms with E-state index in [1.54, 1.807) is 10.7 Å². The van der Waals surface area contributed by atoms with Crippen LogP contribution < -0.4 is 5.32 Å². The number of benzene rings is 2. The molecule has 0 bridgehead atoms. The second kappa shape index (κ2) is 6.07. The predicted molar refractivity (Wildman–Crippen MR) is 92.0 cm³/mol. The standard InChI is InChI=1S/C17H13Cl2FN4/c18-11-6-4-10(5-7-11)14-8-15(24-17(23-14)21-9-22-24)12-2-1-3-13(20)16(12)19/h1-7,9,14-15H,8H2,(H,21,22,23). The highest BCUT2D eigenvalue weighted by atomic mass is 35.5. The molecule has 122 valence electrons. The summed E-state index contributed by atoms with van der Waals surface area (Å²) in [6, 6.07) is 12.3. The van der Waals surface area contributed by atoms with Crippen molar-refractivity contribution in [2.75, 3.05) is 5.32 Å². The molecule has 0 saturated heterocycles. The van der Waals surface area contributed by atoms with Crippen molar-refractivity contribution in [3.63, 3.8) is 0 Å². The Bertz CT molecular complexity index is 879. The van der Waals surface area contributed by atoms with Crippen LogP contribution in [0.3, 0.4) is 0 Å². The van der Waals surface area contributed by atoms with Crippen LogP contribution >= 0.6 is 23.2 Å². The molecule has 0 amide bonds. The number of aromatic nitrogens is 3. The average molecular weight is 363 g/mol. The van der Waals surface area contributed by atoms with E-state index in [2.05, 4.69) is 15.4 Å². The molecule has 1 aromatic heterocycles. The van der Waals surface area contributed by atoms with Crippen molar-refractivity contribution in [2.24, 2.45) is 0 Å². The molecule has 0 saturated carbocycles. The molecule has 1 N–H and O–H groups in total. The lowest BCUT2D eigenvalue weighted by Gasteiger charge is -2.32. The zero-order valence-corrected chi connectivity index (χ0v) is 14.0. The Hall–Kier alpha value is -2.11. The summed E-state index contributed by atoms with van der Waals surface area (Å²) in [5, 5.41) is 8.43. The van der Waals surface area contributed by atoms with Gasteiger partial charge in [-0.05, 0) is 35.7 Å². The minimum atomic E-state index is -0.433. The van der Waals surface area contributed by atoms with Crippen LogP contribution in [0.15, 0.2) is 48.8 Å². The molecule has 2 atom stereocenters. The molecule has 7 heteroatoms. The number of halogens is 3. The number of hydrogen-bond donors (Lipinski definition) is 1. The van der Waals surface area contributed by atoms with Gasteiger partial charge >= 0.3 is 0 Å². The fourth-order valence-electron chi connectivity index (χ4n) is 3.07. The summed E-state index contributed by atoms with van der Waals surface area (Å²) in [6.45, 7) is 0. The molecular formula is C17H13Cl2FN4. The molecule has 4 nitrogen and oxygen atoms in total. The van der Waals surface area contributed by atoms with Crippen molar-refractivity contribution in [3.8, 4) is 0 Å². The van der Waals surface area contributed by atoms with Crippen LogP contribution in [0.4, 0.5) is 10.3 Å². The highest BCUT2D eigenvalue weighted by Gasteiger charge is 2.31. The zero-order chi connectivity index (χ0) is 16.7. The van der Waals surface area contributed by atoms with E-state index in [1.807, 2.05) is 30.3 Å². The molecule has 1 aliphatic heterocycles. The third-order valence-electron chi connectivity index (χ3n) is 4.24.